The van der Waals surface area contributed by atoms with Gasteiger partial charge in [-0.3, -0.25) is 4.79 Å². The number of H-pyrrole nitrogens is 1. The lowest BCUT2D eigenvalue weighted by Gasteiger charge is -2.13. The Labute approximate surface area is 185 Å². The van der Waals surface area contributed by atoms with E-state index < -0.39 is 0 Å². The van der Waals surface area contributed by atoms with Crippen LogP contribution in [0.4, 0.5) is 0 Å². The van der Waals surface area contributed by atoms with E-state index in [0.29, 0.717) is 41.0 Å². The first-order valence-corrected chi connectivity index (χ1v) is 10.4. The lowest BCUT2D eigenvalue weighted by molar-refractivity contribution is 0.0999. The van der Waals surface area contributed by atoms with Crippen molar-refractivity contribution in [3.05, 3.63) is 76.5 Å². The van der Waals surface area contributed by atoms with Crippen LogP contribution in [0, 0.1) is 5.92 Å². The van der Waals surface area contributed by atoms with Crippen LogP contribution in [0.5, 0.6) is 11.5 Å². The SMILES string of the molecule is COc1ccc2nc(C(=O)c3ccc(Cc4cc(Cl)ccc4OCC(C)C)o3)[nH]c2c1. The van der Waals surface area contributed by atoms with E-state index in [0.717, 1.165) is 16.8 Å². The number of carbonyl (C=O) groups excluding carboxylic acids is 1. The van der Waals surface area contributed by atoms with Gasteiger partial charge in [0.1, 0.15) is 17.3 Å². The second-order valence-corrected chi connectivity index (χ2v) is 8.13. The highest BCUT2D eigenvalue weighted by molar-refractivity contribution is 6.30. The highest BCUT2D eigenvalue weighted by Gasteiger charge is 2.19. The molecule has 0 aliphatic rings. The molecule has 0 unspecified atom stereocenters. The molecular formula is C24H23ClN2O4. The fourth-order valence-corrected chi connectivity index (χ4v) is 3.40. The Morgan fingerprint density at radius 1 is 1.16 bits per heavy atom. The zero-order chi connectivity index (χ0) is 22.0. The predicted octanol–water partition coefficient (Wildman–Crippen LogP) is 5.67. The molecule has 31 heavy (non-hydrogen) atoms. The van der Waals surface area contributed by atoms with Crippen LogP contribution >= 0.6 is 11.6 Å². The van der Waals surface area contributed by atoms with E-state index in [-0.39, 0.29) is 17.4 Å². The number of rotatable bonds is 8. The first-order chi connectivity index (χ1) is 14.9. The molecule has 160 valence electrons. The number of hydrogen-bond donors (Lipinski definition) is 1. The van der Waals surface area contributed by atoms with Gasteiger partial charge in [-0.15, -0.1) is 0 Å². The van der Waals surface area contributed by atoms with Crippen LogP contribution in [-0.4, -0.2) is 29.5 Å². The standard InChI is InChI=1S/C24H23ClN2O4/c1-14(2)13-30-21-8-4-16(25)10-15(21)11-18-6-9-22(31-18)23(28)24-26-19-7-5-17(29-3)12-20(19)27-24/h4-10,12,14H,11,13H2,1-3H3,(H,26,27). The van der Waals surface area contributed by atoms with Crippen LogP contribution in [0.3, 0.4) is 0 Å². The molecule has 2 aromatic heterocycles. The number of aromatic amines is 1. The number of methoxy groups -OCH3 is 1. The first-order valence-electron chi connectivity index (χ1n) is 10.0. The van der Waals surface area contributed by atoms with E-state index in [4.69, 9.17) is 25.5 Å². The van der Waals surface area contributed by atoms with E-state index in [9.17, 15) is 4.79 Å². The van der Waals surface area contributed by atoms with Crippen LogP contribution < -0.4 is 9.47 Å². The van der Waals surface area contributed by atoms with E-state index in [1.807, 2.05) is 12.1 Å². The molecule has 1 N–H and O–H groups in total. The largest absolute Gasteiger partial charge is 0.497 e. The van der Waals surface area contributed by atoms with Gasteiger partial charge in [0.15, 0.2) is 11.6 Å². The van der Waals surface area contributed by atoms with E-state index >= 15 is 0 Å². The molecule has 4 rings (SSSR count). The monoisotopic (exact) mass is 438 g/mol. The lowest BCUT2D eigenvalue weighted by Crippen LogP contribution is -2.06. The summed E-state index contributed by atoms with van der Waals surface area (Å²) in [5.41, 5.74) is 2.31. The zero-order valence-electron chi connectivity index (χ0n) is 17.6. The van der Waals surface area contributed by atoms with E-state index in [1.165, 1.54) is 0 Å². The van der Waals surface area contributed by atoms with Gasteiger partial charge in [0.2, 0.25) is 0 Å². The number of carbonyl (C=O) groups is 1. The maximum absolute atomic E-state index is 12.9. The van der Waals surface area contributed by atoms with Crippen molar-refractivity contribution in [2.24, 2.45) is 5.92 Å². The van der Waals surface area contributed by atoms with Crippen molar-refractivity contribution in [2.75, 3.05) is 13.7 Å². The number of benzene rings is 2. The molecule has 0 amide bonds. The van der Waals surface area contributed by atoms with Gasteiger partial charge in [-0.1, -0.05) is 25.4 Å². The number of halogens is 1. The second-order valence-electron chi connectivity index (χ2n) is 7.70. The second kappa shape index (κ2) is 8.86. The minimum absolute atomic E-state index is 0.215. The summed E-state index contributed by atoms with van der Waals surface area (Å²) in [6.45, 7) is 4.79. The molecule has 0 fully saturated rings. The van der Waals surface area contributed by atoms with Gasteiger partial charge in [-0.2, -0.15) is 0 Å². The summed E-state index contributed by atoms with van der Waals surface area (Å²) in [5.74, 6) is 2.60. The Balaban J connectivity index is 1.55. The molecule has 2 heterocycles. The molecule has 0 radical (unpaired) electrons. The van der Waals surface area contributed by atoms with Crippen LogP contribution in [0.2, 0.25) is 5.02 Å². The molecule has 2 aromatic carbocycles. The number of ether oxygens (including phenoxy) is 2. The van der Waals surface area contributed by atoms with Gasteiger partial charge in [0.25, 0.3) is 5.78 Å². The summed E-state index contributed by atoms with van der Waals surface area (Å²) in [7, 11) is 1.59. The molecule has 0 aliphatic carbocycles. The number of ketones is 1. The molecule has 0 saturated carbocycles. The zero-order valence-corrected chi connectivity index (χ0v) is 18.3. The van der Waals surface area contributed by atoms with Crippen molar-refractivity contribution in [3.63, 3.8) is 0 Å². The van der Waals surface area contributed by atoms with Crippen molar-refractivity contribution in [3.8, 4) is 11.5 Å². The quantitative estimate of drug-likeness (QED) is 0.358. The molecule has 0 saturated heterocycles. The maximum atomic E-state index is 12.9. The topological polar surface area (TPSA) is 77.3 Å². The van der Waals surface area contributed by atoms with Gasteiger partial charge in [-0.05, 0) is 48.4 Å². The van der Waals surface area contributed by atoms with Crippen molar-refractivity contribution >= 4 is 28.4 Å². The molecule has 6 nitrogen and oxygen atoms in total. The number of aromatic nitrogens is 2. The lowest BCUT2D eigenvalue weighted by atomic mass is 10.1. The fourth-order valence-electron chi connectivity index (χ4n) is 3.21. The van der Waals surface area contributed by atoms with Crippen molar-refractivity contribution in [1.29, 1.82) is 0 Å². The third-order valence-electron chi connectivity index (χ3n) is 4.75. The molecule has 4 aromatic rings. The van der Waals surface area contributed by atoms with Gasteiger partial charge in [-0.25, -0.2) is 4.98 Å². The van der Waals surface area contributed by atoms with Crippen molar-refractivity contribution in [1.82, 2.24) is 9.97 Å². The molecule has 0 spiro atoms. The van der Waals surface area contributed by atoms with Crippen LogP contribution in [0.15, 0.2) is 52.9 Å². The number of nitrogens with one attached hydrogen (secondary N) is 1. The normalized spacial score (nSPS) is 11.3. The van der Waals surface area contributed by atoms with Crippen LogP contribution in [0.1, 0.15) is 41.6 Å². The smallest absolute Gasteiger partial charge is 0.263 e. The molecule has 0 bridgehead atoms. The van der Waals surface area contributed by atoms with Crippen LogP contribution in [0.25, 0.3) is 11.0 Å². The predicted molar refractivity (Wildman–Crippen MR) is 119 cm³/mol. The summed E-state index contributed by atoms with van der Waals surface area (Å²) >= 11 is 6.18. The Hall–Kier alpha value is -3.25. The molecule has 7 heteroatoms. The van der Waals surface area contributed by atoms with Gasteiger partial charge < -0.3 is 18.9 Å². The molecular weight excluding hydrogens is 416 g/mol. The average molecular weight is 439 g/mol. The van der Waals surface area contributed by atoms with Crippen LogP contribution in [-0.2, 0) is 6.42 Å². The van der Waals surface area contributed by atoms with E-state index in [2.05, 4.69) is 23.8 Å². The Morgan fingerprint density at radius 3 is 2.77 bits per heavy atom. The Morgan fingerprint density at radius 2 is 2.00 bits per heavy atom. The highest BCUT2D eigenvalue weighted by Crippen LogP contribution is 2.27. The Bertz CT molecular complexity index is 1230. The van der Waals surface area contributed by atoms with Gasteiger partial charge >= 0.3 is 0 Å². The number of fused-ring (bicyclic) bond motifs is 1. The highest BCUT2D eigenvalue weighted by atomic mass is 35.5. The number of imidazole rings is 1. The third-order valence-corrected chi connectivity index (χ3v) is 4.98. The molecule has 0 aliphatic heterocycles. The Kier molecular flexibility index (Phi) is 6.00. The van der Waals surface area contributed by atoms with E-state index in [1.54, 1.807) is 43.5 Å². The summed E-state index contributed by atoms with van der Waals surface area (Å²) in [6.07, 6.45) is 0.457. The number of hydrogen-bond acceptors (Lipinski definition) is 5. The third kappa shape index (κ3) is 4.75. The van der Waals surface area contributed by atoms with Crippen molar-refractivity contribution < 1.29 is 18.7 Å². The summed E-state index contributed by atoms with van der Waals surface area (Å²) in [4.78, 5) is 20.3. The summed E-state index contributed by atoms with van der Waals surface area (Å²) in [5, 5.41) is 0.618. The van der Waals surface area contributed by atoms with Gasteiger partial charge in [0, 0.05) is 23.1 Å². The number of furan rings is 1. The van der Waals surface area contributed by atoms with Crippen molar-refractivity contribution in [2.45, 2.75) is 20.3 Å². The number of nitrogens with zero attached hydrogens (tertiary/aromatic N) is 1. The minimum Gasteiger partial charge on any atom is -0.497 e. The molecule has 0 atom stereocenters. The average Bonchev–Trinajstić information content (AvgIpc) is 3.39. The first kappa shape index (κ1) is 21.0. The minimum atomic E-state index is -0.316. The van der Waals surface area contributed by atoms with Gasteiger partial charge in [0.05, 0.1) is 24.8 Å². The summed E-state index contributed by atoms with van der Waals surface area (Å²) < 4.78 is 17.0. The fraction of sp³-hybridized carbons (Fsp3) is 0.250. The maximum Gasteiger partial charge on any atom is 0.263 e. The summed E-state index contributed by atoms with van der Waals surface area (Å²) in [6, 6.07) is 14.3.